The topological polar surface area (TPSA) is 252 Å². The number of nitrogens with one attached hydrogen (secondary N) is 4. The Labute approximate surface area is 407 Å². The quantitative estimate of drug-likeness (QED) is 0.0598. The van der Waals surface area contributed by atoms with Gasteiger partial charge in [-0.05, 0) is 60.2 Å². The van der Waals surface area contributed by atoms with Gasteiger partial charge in [-0.25, -0.2) is 22.8 Å². The summed E-state index contributed by atoms with van der Waals surface area (Å²) in [5, 5.41) is 29.1. The number of hydrogen-bond donors (Lipinski definition) is 6. The zero-order valence-electron chi connectivity index (χ0n) is 39.2. The molecule has 1 aliphatic rings. The summed E-state index contributed by atoms with van der Waals surface area (Å²) >= 11 is 1.56. The number of likely N-dealkylation sites (tertiary alicyclic amines) is 1. The number of carbonyl (C=O) groups excluding carboxylic acids is 3. The fraction of sp³-hybridized carbons (Fsp3) is 0.327. The smallest absolute Gasteiger partial charge is 0.246 e. The molecule has 1 fully saturated rings. The number of benzene rings is 3. The Morgan fingerprint density at radius 1 is 1.01 bits per heavy atom. The predicted octanol–water partition coefficient (Wildman–Crippen LogP) is 6.18. The molecule has 0 bridgehead atoms. The van der Waals surface area contributed by atoms with Crippen molar-refractivity contribution in [1.29, 1.82) is 0 Å². The standard InChI is InChI=1S/C49H54FN11O7S2/c1-6-70(66,67)59-37-16-13-32(19-39(37)68-26-30-9-14-34(50)15-10-30)42-41-43(58-57-42)36(23-52-46(41)51)33-22-55-60(24-33)18-17-40(63)56-45(49(3,4)5)48(65)61-25-35(62)20-38(61)47(64)53-21-29-7-11-31(12-8-29)44-28(2)54-27-69-44/h7-16,19,22-24,27,35,38,45,59,62H,6,17-18,20-21,25-26H2,1-5H3,(H2,51,52)(H,53,64)(H,56,63)(H,57,58)/t35-,38?,45-/m1/s1. The van der Waals surface area contributed by atoms with Crippen molar-refractivity contribution in [1.82, 2.24) is 45.5 Å². The van der Waals surface area contributed by atoms with E-state index in [1.807, 2.05) is 52.0 Å². The first-order chi connectivity index (χ1) is 33.4. The third kappa shape index (κ3) is 11.1. The summed E-state index contributed by atoms with van der Waals surface area (Å²) in [5.74, 6) is -1.44. The van der Waals surface area contributed by atoms with E-state index in [2.05, 4.69) is 40.6 Å². The number of sulfonamides is 1. The van der Waals surface area contributed by atoms with Crippen LogP contribution in [0.15, 0.2) is 90.8 Å². The minimum absolute atomic E-state index is 0.0254. The van der Waals surface area contributed by atoms with Crippen LogP contribution >= 0.6 is 11.3 Å². The zero-order chi connectivity index (χ0) is 49.9. The number of nitrogen functional groups attached to an aromatic ring is 1. The molecule has 7 aromatic rings. The number of aromatic amines is 1. The van der Waals surface area contributed by atoms with E-state index >= 15 is 0 Å². The molecule has 1 unspecified atom stereocenters. The number of anilines is 2. The van der Waals surface area contributed by atoms with Crippen molar-refractivity contribution in [3.63, 3.8) is 0 Å². The summed E-state index contributed by atoms with van der Waals surface area (Å²) in [6, 6.07) is 16.5. The molecule has 4 aromatic heterocycles. The Balaban J connectivity index is 0.928. The maximum atomic E-state index is 14.2. The van der Waals surface area contributed by atoms with Crippen LogP contribution in [-0.4, -0.2) is 96.6 Å². The monoisotopic (exact) mass is 991 g/mol. The molecule has 5 heterocycles. The number of nitrogens with zero attached hydrogens (tertiary/aromatic N) is 6. The molecule has 7 N–H and O–H groups in total. The second-order valence-corrected chi connectivity index (χ2v) is 21.1. The van der Waals surface area contributed by atoms with Gasteiger partial charge >= 0.3 is 0 Å². The Morgan fingerprint density at radius 3 is 2.44 bits per heavy atom. The first-order valence-corrected chi connectivity index (χ1v) is 25.1. The lowest BCUT2D eigenvalue weighted by molar-refractivity contribution is -0.144. The van der Waals surface area contributed by atoms with Crippen molar-refractivity contribution in [3.8, 4) is 38.6 Å². The molecule has 3 amide bonds. The van der Waals surface area contributed by atoms with Gasteiger partial charge in [0.15, 0.2) is 0 Å². The van der Waals surface area contributed by atoms with Gasteiger partial charge in [-0.3, -0.25) is 28.9 Å². The second-order valence-electron chi connectivity index (χ2n) is 18.2. The largest absolute Gasteiger partial charge is 0.487 e. The molecular weight excluding hydrogens is 938 g/mol. The summed E-state index contributed by atoms with van der Waals surface area (Å²) in [6.45, 7) is 9.31. The minimum Gasteiger partial charge on any atom is -0.487 e. The van der Waals surface area contributed by atoms with E-state index in [1.165, 1.54) is 24.0 Å². The number of aryl methyl sites for hydroxylation is 2. The number of amides is 3. The van der Waals surface area contributed by atoms with E-state index in [4.69, 9.17) is 10.5 Å². The van der Waals surface area contributed by atoms with Gasteiger partial charge in [0, 0.05) is 61.6 Å². The number of ether oxygens (including phenoxy) is 1. The molecule has 3 atom stereocenters. The molecular formula is C49H54FN11O7S2. The number of thiazole rings is 1. The normalized spacial score (nSPS) is 15.5. The molecule has 0 radical (unpaired) electrons. The number of halogens is 1. The summed E-state index contributed by atoms with van der Waals surface area (Å²) in [5.41, 5.74) is 14.0. The van der Waals surface area contributed by atoms with Gasteiger partial charge in [0.05, 0.1) is 50.7 Å². The van der Waals surface area contributed by atoms with Gasteiger partial charge in [0.2, 0.25) is 27.7 Å². The van der Waals surface area contributed by atoms with Crippen LogP contribution in [-0.2, 0) is 44.1 Å². The van der Waals surface area contributed by atoms with E-state index in [-0.39, 0.29) is 62.1 Å². The highest BCUT2D eigenvalue weighted by Gasteiger charge is 2.44. The highest BCUT2D eigenvalue weighted by atomic mass is 32.2. The first-order valence-electron chi connectivity index (χ1n) is 22.6. The maximum absolute atomic E-state index is 14.2. The number of β-amino-alcohol motifs (C(OH)–C–C–N with tert-alkyl or cyclic N) is 1. The SMILES string of the molecule is CCS(=O)(=O)Nc1ccc(-c2n[nH]c3c(-c4cnn(CCC(=O)N[C@H](C(=O)N5C[C@H](O)CC5C(=O)NCc5ccc(-c6scnc6C)cc5)C(C)(C)C)c4)cnc(N)c23)cc1OCc1ccc(F)cc1. The van der Waals surface area contributed by atoms with Gasteiger partial charge in [-0.2, -0.15) is 10.2 Å². The fourth-order valence-electron chi connectivity index (χ4n) is 8.19. The van der Waals surface area contributed by atoms with Crippen molar-refractivity contribution in [3.05, 3.63) is 113 Å². The van der Waals surface area contributed by atoms with E-state index in [1.54, 1.807) is 70.5 Å². The molecule has 1 saturated heterocycles. The molecule has 18 nitrogen and oxygen atoms in total. The van der Waals surface area contributed by atoms with Crippen LogP contribution in [0.3, 0.4) is 0 Å². The Morgan fingerprint density at radius 2 is 1.74 bits per heavy atom. The minimum atomic E-state index is -3.67. The summed E-state index contributed by atoms with van der Waals surface area (Å²) < 4.78 is 48.9. The lowest BCUT2D eigenvalue weighted by Crippen LogP contribution is -2.57. The van der Waals surface area contributed by atoms with E-state index in [0.717, 1.165) is 21.7 Å². The number of nitrogens with two attached hydrogens (primary N) is 1. The number of hydrogen-bond acceptors (Lipinski definition) is 13. The van der Waals surface area contributed by atoms with Crippen molar-refractivity contribution in [2.75, 3.05) is 22.8 Å². The average Bonchev–Trinajstić information content (AvgIpc) is 4.17. The van der Waals surface area contributed by atoms with Gasteiger partial charge in [0.25, 0.3) is 0 Å². The highest BCUT2D eigenvalue weighted by molar-refractivity contribution is 7.92. The predicted molar refractivity (Wildman–Crippen MR) is 265 cm³/mol. The Kier molecular flexibility index (Phi) is 14.3. The summed E-state index contributed by atoms with van der Waals surface area (Å²) in [6.07, 6.45) is 4.07. The van der Waals surface area contributed by atoms with Gasteiger partial charge in [-0.1, -0.05) is 63.2 Å². The molecule has 1 aliphatic heterocycles. The number of aliphatic hydroxyl groups excluding tert-OH is 1. The molecule has 0 aliphatic carbocycles. The van der Waals surface area contributed by atoms with E-state index in [9.17, 15) is 32.3 Å². The van der Waals surface area contributed by atoms with Gasteiger partial charge in [0.1, 0.15) is 41.8 Å². The molecule has 21 heteroatoms. The first kappa shape index (κ1) is 49.2. The van der Waals surface area contributed by atoms with Crippen LogP contribution in [0.2, 0.25) is 0 Å². The fourth-order valence-corrected chi connectivity index (χ4v) is 9.65. The molecule has 8 rings (SSSR count). The van der Waals surface area contributed by atoms with Crippen LogP contribution in [0, 0.1) is 18.2 Å². The lowest BCUT2D eigenvalue weighted by atomic mass is 9.85. The van der Waals surface area contributed by atoms with Crippen molar-refractivity contribution in [2.45, 2.75) is 85.3 Å². The maximum Gasteiger partial charge on any atom is 0.246 e. The number of aromatic nitrogens is 6. The van der Waals surface area contributed by atoms with Crippen molar-refractivity contribution in [2.24, 2.45) is 5.41 Å². The van der Waals surface area contributed by atoms with Crippen LogP contribution in [0.25, 0.3) is 43.7 Å². The summed E-state index contributed by atoms with van der Waals surface area (Å²) in [7, 11) is -3.67. The molecule has 366 valence electrons. The van der Waals surface area contributed by atoms with E-state index in [0.29, 0.717) is 38.9 Å². The number of pyridine rings is 1. The third-order valence-electron chi connectivity index (χ3n) is 12.1. The molecule has 0 spiro atoms. The summed E-state index contributed by atoms with van der Waals surface area (Å²) in [4.78, 5) is 52.6. The van der Waals surface area contributed by atoms with Crippen LogP contribution in [0.5, 0.6) is 5.75 Å². The van der Waals surface area contributed by atoms with Crippen LogP contribution in [0.1, 0.15) is 57.4 Å². The van der Waals surface area contributed by atoms with Gasteiger partial charge < -0.3 is 31.1 Å². The number of fused-ring (bicyclic) bond motifs is 1. The number of rotatable bonds is 17. The highest BCUT2D eigenvalue weighted by Crippen LogP contribution is 2.39. The molecule has 0 saturated carbocycles. The number of aliphatic hydroxyl groups is 1. The molecule has 3 aromatic carbocycles. The lowest BCUT2D eigenvalue weighted by Gasteiger charge is -2.35. The Hall–Kier alpha value is -7.23. The van der Waals surface area contributed by atoms with E-state index < -0.39 is 57.2 Å². The molecule has 70 heavy (non-hydrogen) atoms. The number of H-pyrrole nitrogens is 1. The zero-order valence-corrected chi connectivity index (χ0v) is 40.8. The average molecular weight is 992 g/mol. The Bertz CT molecular complexity index is 3150. The van der Waals surface area contributed by atoms with Crippen LogP contribution < -0.4 is 25.8 Å². The van der Waals surface area contributed by atoms with Gasteiger partial charge in [-0.15, -0.1) is 11.3 Å². The number of carbonyl (C=O) groups is 3. The van der Waals surface area contributed by atoms with Crippen molar-refractivity contribution >= 4 is 61.5 Å². The third-order valence-corrected chi connectivity index (χ3v) is 14.3. The van der Waals surface area contributed by atoms with Crippen LogP contribution in [0.4, 0.5) is 15.9 Å². The van der Waals surface area contributed by atoms with Crippen molar-refractivity contribution < 1.29 is 37.0 Å². The second kappa shape index (κ2) is 20.4.